The van der Waals surface area contributed by atoms with Gasteiger partial charge in [-0.1, -0.05) is 30.3 Å². The van der Waals surface area contributed by atoms with Gasteiger partial charge in [0.15, 0.2) is 0 Å². The van der Waals surface area contributed by atoms with Crippen molar-refractivity contribution in [3.05, 3.63) is 63.2 Å². The normalized spacial score (nSPS) is 11.0. The van der Waals surface area contributed by atoms with Crippen molar-refractivity contribution in [2.24, 2.45) is 0 Å². The molecule has 3 rings (SSSR count). The second-order valence-corrected chi connectivity index (χ2v) is 6.44. The van der Waals surface area contributed by atoms with Crippen LogP contribution in [0.2, 0.25) is 0 Å². The highest BCUT2D eigenvalue weighted by Gasteiger charge is 2.21. The van der Waals surface area contributed by atoms with E-state index in [2.05, 4.69) is 10.1 Å². The van der Waals surface area contributed by atoms with Crippen LogP contribution < -0.4 is 16.9 Å². The van der Waals surface area contributed by atoms with E-state index < -0.39 is 18.1 Å². The van der Waals surface area contributed by atoms with E-state index in [0.29, 0.717) is 5.56 Å². The van der Waals surface area contributed by atoms with Gasteiger partial charge >= 0.3 is 5.97 Å². The zero-order valence-electron chi connectivity index (χ0n) is 15.4. The number of aliphatic carboxylic acids is 1. The van der Waals surface area contributed by atoms with Crippen LogP contribution in [-0.4, -0.2) is 30.4 Å². The second kappa shape index (κ2) is 7.47. The van der Waals surface area contributed by atoms with Crippen LogP contribution in [0.25, 0.3) is 22.5 Å². The lowest BCUT2D eigenvalue weighted by atomic mass is 10.0. The first-order chi connectivity index (χ1) is 13.3. The fourth-order valence-electron chi connectivity index (χ4n) is 2.82. The highest BCUT2D eigenvalue weighted by molar-refractivity contribution is 5.79. The smallest absolute Gasteiger partial charge is 0.323 e. The largest absolute Gasteiger partial charge is 0.480 e. The van der Waals surface area contributed by atoms with Gasteiger partial charge in [0.25, 0.3) is 11.1 Å². The molecule has 0 saturated carbocycles. The molecule has 0 radical (unpaired) electrons. The van der Waals surface area contributed by atoms with Crippen molar-refractivity contribution < 1.29 is 9.90 Å². The molecule has 0 amide bonds. The lowest BCUT2D eigenvalue weighted by Gasteiger charge is -2.15. The molecule has 2 heterocycles. The van der Waals surface area contributed by atoms with E-state index in [1.807, 2.05) is 6.07 Å². The number of nitrogen functional groups attached to an aromatic ring is 1. The van der Waals surface area contributed by atoms with E-state index in [1.54, 1.807) is 38.1 Å². The molecule has 0 saturated heterocycles. The van der Waals surface area contributed by atoms with Crippen LogP contribution in [0.15, 0.2) is 52.1 Å². The molecule has 3 N–H and O–H groups in total. The van der Waals surface area contributed by atoms with Crippen molar-refractivity contribution >= 4 is 11.9 Å². The molecule has 0 aliphatic carbocycles. The van der Waals surface area contributed by atoms with Gasteiger partial charge in [-0.25, -0.2) is 9.67 Å². The molecule has 3 aromatic rings. The molecule has 9 heteroatoms. The maximum Gasteiger partial charge on any atom is 0.323 e. The summed E-state index contributed by atoms with van der Waals surface area (Å²) in [5.74, 6) is -1.44. The molecule has 2 aromatic heterocycles. The van der Waals surface area contributed by atoms with Gasteiger partial charge in [0.2, 0.25) is 5.95 Å². The minimum Gasteiger partial charge on any atom is -0.480 e. The van der Waals surface area contributed by atoms with Crippen molar-refractivity contribution in [3.63, 3.8) is 0 Å². The molecule has 28 heavy (non-hydrogen) atoms. The summed E-state index contributed by atoms with van der Waals surface area (Å²) in [4.78, 5) is 40.6. The molecule has 1 aromatic carbocycles. The summed E-state index contributed by atoms with van der Waals surface area (Å²) in [5.41, 5.74) is 6.10. The summed E-state index contributed by atoms with van der Waals surface area (Å²) < 4.78 is 2.12. The SMILES string of the molecule is CC(C)n1nc(-c2c(-c3ccccc3)nc(N)n(CC(=O)O)c2=O)ccc1=O. The molecule has 0 bridgehead atoms. The summed E-state index contributed by atoms with van der Waals surface area (Å²) in [5, 5.41) is 13.4. The zero-order chi connectivity index (χ0) is 20.4. The molecule has 144 valence electrons. The minimum absolute atomic E-state index is 0.0797. The molecule has 0 unspecified atom stereocenters. The van der Waals surface area contributed by atoms with Gasteiger partial charge in [-0.15, -0.1) is 0 Å². The Morgan fingerprint density at radius 1 is 1.14 bits per heavy atom. The summed E-state index contributed by atoms with van der Waals surface area (Å²) in [7, 11) is 0. The fourth-order valence-corrected chi connectivity index (χ4v) is 2.82. The first-order valence-corrected chi connectivity index (χ1v) is 8.57. The topological polar surface area (TPSA) is 133 Å². The second-order valence-electron chi connectivity index (χ2n) is 6.44. The van der Waals surface area contributed by atoms with Gasteiger partial charge in [0.1, 0.15) is 6.54 Å². The molecule has 0 aliphatic heterocycles. The Morgan fingerprint density at radius 3 is 2.43 bits per heavy atom. The van der Waals surface area contributed by atoms with Gasteiger partial charge in [-0.3, -0.25) is 19.0 Å². The third-order valence-electron chi connectivity index (χ3n) is 4.11. The Morgan fingerprint density at radius 2 is 1.82 bits per heavy atom. The van der Waals surface area contributed by atoms with E-state index in [1.165, 1.54) is 16.8 Å². The first kappa shape index (κ1) is 19.0. The van der Waals surface area contributed by atoms with Crippen LogP contribution in [0.3, 0.4) is 0 Å². The predicted octanol–water partition coefficient (Wildman–Crippen LogP) is 1.38. The number of rotatable bonds is 5. The number of nitrogens with zero attached hydrogens (tertiary/aromatic N) is 4. The minimum atomic E-state index is -1.23. The van der Waals surface area contributed by atoms with Crippen molar-refractivity contribution in [1.29, 1.82) is 0 Å². The molecule has 0 spiro atoms. The highest BCUT2D eigenvalue weighted by atomic mass is 16.4. The van der Waals surface area contributed by atoms with Crippen LogP contribution in [0.1, 0.15) is 19.9 Å². The van der Waals surface area contributed by atoms with E-state index >= 15 is 0 Å². The van der Waals surface area contributed by atoms with Gasteiger partial charge < -0.3 is 10.8 Å². The van der Waals surface area contributed by atoms with Crippen molar-refractivity contribution in [3.8, 4) is 22.5 Å². The van der Waals surface area contributed by atoms with Crippen LogP contribution >= 0.6 is 0 Å². The first-order valence-electron chi connectivity index (χ1n) is 8.57. The Labute approximate surface area is 159 Å². The summed E-state index contributed by atoms with van der Waals surface area (Å²) in [6, 6.07) is 11.4. The van der Waals surface area contributed by atoms with Crippen molar-refractivity contribution in [2.45, 2.75) is 26.4 Å². The number of nitrogens with two attached hydrogens (primary N) is 1. The Balaban J connectivity index is 2.38. The Hall–Kier alpha value is -3.75. The fraction of sp³-hybridized carbons (Fsp3) is 0.211. The molecule has 9 nitrogen and oxygen atoms in total. The summed E-state index contributed by atoms with van der Waals surface area (Å²) in [6.45, 7) is 2.95. The van der Waals surface area contributed by atoms with Crippen molar-refractivity contribution in [1.82, 2.24) is 19.3 Å². The number of aromatic nitrogens is 4. The molecule has 0 fully saturated rings. The monoisotopic (exact) mass is 381 g/mol. The van der Waals surface area contributed by atoms with Crippen LogP contribution in [0.5, 0.6) is 0 Å². The third-order valence-corrected chi connectivity index (χ3v) is 4.11. The lowest BCUT2D eigenvalue weighted by Crippen LogP contribution is -2.31. The van der Waals surface area contributed by atoms with Crippen molar-refractivity contribution in [2.75, 3.05) is 5.73 Å². The molecular formula is C19H19N5O4. The van der Waals surface area contributed by atoms with Gasteiger partial charge in [0, 0.05) is 11.6 Å². The van der Waals surface area contributed by atoms with Crippen LogP contribution in [0.4, 0.5) is 5.95 Å². The highest BCUT2D eigenvalue weighted by Crippen LogP contribution is 2.27. The number of hydrogen-bond donors (Lipinski definition) is 2. The number of carboxylic acids is 1. The van der Waals surface area contributed by atoms with E-state index in [4.69, 9.17) is 10.8 Å². The van der Waals surface area contributed by atoms with Gasteiger partial charge in [-0.2, -0.15) is 5.10 Å². The van der Waals surface area contributed by atoms with E-state index in [-0.39, 0.29) is 34.5 Å². The Bertz CT molecular complexity index is 1150. The van der Waals surface area contributed by atoms with Crippen LogP contribution in [0, 0.1) is 0 Å². The maximum atomic E-state index is 13.1. The average Bonchev–Trinajstić information content (AvgIpc) is 2.66. The lowest BCUT2D eigenvalue weighted by molar-refractivity contribution is -0.137. The average molecular weight is 381 g/mol. The number of anilines is 1. The quantitative estimate of drug-likeness (QED) is 0.682. The third kappa shape index (κ3) is 3.54. The summed E-state index contributed by atoms with van der Waals surface area (Å²) in [6.07, 6.45) is 0. The van der Waals surface area contributed by atoms with Gasteiger partial charge in [-0.05, 0) is 19.9 Å². The Kier molecular flexibility index (Phi) is 5.08. The maximum absolute atomic E-state index is 13.1. The predicted molar refractivity (Wildman–Crippen MR) is 104 cm³/mol. The van der Waals surface area contributed by atoms with Gasteiger partial charge in [0.05, 0.1) is 23.0 Å². The molecule has 0 atom stereocenters. The standard InChI is InChI=1S/C19H19N5O4/c1-11(2)24-14(25)9-8-13(22-24)16-17(12-6-4-3-5-7-12)21-19(20)23(18(16)28)10-15(26)27/h3-9,11H,10H2,1-2H3,(H2,20,21)(H,26,27). The molecule has 0 aliphatic rings. The summed E-state index contributed by atoms with van der Waals surface area (Å²) >= 11 is 0. The van der Waals surface area contributed by atoms with Crippen LogP contribution in [-0.2, 0) is 11.3 Å². The number of carbonyl (C=O) groups is 1. The number of hydrogen-bond acceptors (Lipinski definition) is 6. The zero-order valence-corrected chi connectivity index (χ0v) is 15.4. The number of carboxylic acid groups (broad SMARTS) is 1. The molecular weight excluding hydrogens is 362 g/mol. The van der Waals surface area contributed by atoms with E-state index in [9.17, 15) is 14.4 Å². The number of benzene rings is 1. The van der Waals surface area contributed by atoms with E-state index in [0.717, 1.165) is 4.57 Å².